The molecule has 27 heavy (non-hydrogen) atoms. The standard InChI is InChI=1S/C19H21N3O4S/c1-14-12-18(8-9-19(14)26-3)27(24,25)21-10-11-22(15(2)23)17-6-4-16(13-20)5-7-17/h4-9,12,21H,10-11H2,1-3H3. The Bertz CT molecular complexity index is 963. The number of nitriles is 1. The van der Waals surface area contributed by atoms with Gasteiger partial charge in [0.15, 0.2) is 0 Å². The van der Waals surface area contributed by atoms with Crippen LogP contribution in [-0.2, 0) is 14.8 Å². The lowest BCUT2D eigenvalue weighted by atomic mass is 10.2. The summed E-state index contributed by atoms with van der Waals surface area (Å²) in [6.45, 7) is 3.38. The monoisotopic (exact) mass is 387 g/mol. The summed E-state index contributed by atoms with van der Waals surface area (Å²) < 4.78 is 32.6. The van der Waals surface area contributed by atoms with Gasteiger partial charge in [-0.1, -0.05) is 0 Å². The minimum atomic E-state index is -3.71. The number of aryl methyl sites for hydroxylation is 1. The molecule has 8 heteroatoms. The molecule has 0 unspecified atom stereocenters. The first-order valence-corrected chi connectivity index (χ1v) is 9.69. The van der Waals surface area contributed by atoms with E-state index in [9.17, 15) is 13.2 Å². The van der Waals surface area contributed by atoms with Crippen LogP contribution in [-0.4, -0.2) is 34.5 Å². The Morgan fingerprint density at radius 3 is 2.41 bits per heavy atom. The van der Waals surface area contributed by atoms with Gasteiger partial charge in [-0.15, -0.1) is 0 Å². The quantitative estimate of drug-likeness (QED) is 0.785. The van der Waals surface area contributed by atoms with E-state index in [-0.39, 0.29) is 23.9 Å². The average Bonchev–Trinajstić information content (AvgIpc) is 2.65. The Hall–Kier alpha value is -2.89. The van der Waals surface area contributed by atoms with Crippen molar-refractivity contribution in [1.82, 2.24) is 4.72 Å². The molecule has 1 amide bonds. The van der Waals surface area contributed by atoms with E-state index >= 15 is 0 Å². The predicted octanol–water partition coefficient (Wildman–Crippen LogP) is 2.21. The van der Waals surface area contributed by atoms with Crippen molar-refractivity contribution < 1.29 is 17.9 Å². The van der Waals surface area contributed by atoms with E-state index in [4.69, 9.17) is 10.00 Å². The zero-order valence-electron chi connectivity index (χ0n) is 15.4. The van der Waals surface area contributed by atoms with Crippen molar-refractivity contribution in [2.24, 2.45) is 0 Å². The Morgan fingerprint density at radius 2 is 1.89 bits per heavy atom. The van der Waals surface area contributed by atoms with Crippen LogP contribution in [0.15, 0.2) is 47.4 Å². The fraction of sp³-hybridized carbons (Fsp3) is 0.263. The lowest BCUT2D eigenvalue weighted by Gasteiger charge is -2.21. The summed E-state index contributed by atoms with van der Waals surface area (Å²) in [7, 11) is -2.19. The number of benzene rings is 2. The summed E-state index contributed by atoms with van der Waals surface area (Å²) in [6.07, 6.45) is 0. The van der Waals surface area contributed by atoms with E-state index < -0.39 is 10.0 Å². The molecule has 7 nitrogen and oxygen atoms in total. The minimum absolute atomic E-state index is 0.0486. The Morgan fingerprint density at radius 1 is 1.22 bits per heavy atom. The molecule has 2 rings (SSSR count). The second kappa shape index (κ2) is 8.66. The van der Waals surface area contributed by atoms with E-state index in [1.54, 1.807) is 37.3 Å². The number of ether oxygens (including phenoxy) is 1. The number of nitrogens with zero attached hydrogens (tertiary/aromatic N) is 2. The number of rotatable bonds is 7. The van der Waals surface area contributed by atoms with Crippen LogP contribution in [0.25, 0.3) is 0 Å². The maximum absolute atomic E-state index is 12.5. The lowest BCUT2D eigenvalue weighted by Crippen LogP contribution is -2.37. The third kappa shape index (κ3) is 5.06. The third-order valence-corrected chi connectivity index (χ3v) is 5.45. The number of methoxy groups -OCH3 is 1. The molecule has 2 aromatic rings. The topological polar surface area (TPSA) is 99.5 Å². The van der Waals surface area contributed by atoms with Gasteiger partial charge in [-0.3, -0.25) is 4.79 Å². The van der Waals surface area contributed by atoms with E-state index in [1.807, 2.05) is 6.07 Å². The number of carbonyl (C=O) groups is 1. The molecule has 0 heterocycles. The molecule has 0 saturated heterocycles. The summed E-state index contributed by atoms with van der Waals surface area (Å²) in [5.74, 6) is 0.386. The predicted molar refractivity (Wildman–Crippen MR) is 102 cm³/mol. The van der Waals surface area contributed by atoms with Gasteiger partial charge in [0.1, 0.15) is 5.75 Å². The van der Waals surface area contributed by atoms with E-state index in [0.29, 0.717) is 22.6 Å². The zero-order valence-corrected chi connectivity index (χ0v) is 16.2. The van der Waals surface area contributed by atoms with Crippen molar-refractivity contribution in [3.05, 3.63) is 53.6 Å². The molecule has 0 aromatic heterocycles. The van der Waals surface area contributed by atoms with Crippen molar-refractivity contribution in [1.29, 1.82) is 5.26 Å². The second-order valence-electron chi connectivity index (χ2n) is 5.86. The van der Waals surface area contributed by atoms with Crippen LogP contribution in [0.4, 0.5) is 5.69 Å². The van der Waals surface area contributed by atoms with Crippen LogP contribution >= 0.6 is 0 Å². The number of amides is 1. The molecule has 0 aliphatic rings. The molecular weight excluding hydrogens is 366 g/mol. The fourth-order valence-corrected chi connectivity index (χ4v) is 3.68. The van der Waals surface area contributed by atoms with Crippen molar-refractivity contribution in [3.8, 4) is 11.8 Å². The van der Waals surface area contributed by atoms with Gasteiger partial charge in [0.25, 0.3) is 0 Å². The van der Waals surface area contributed by atoms with Gasteiger partial charge < -0.3 is 9.64 Å². The molecule has 0 spiro atoms. The van der Waals surface area contributed by atoms with Crippen molar-refractivity contribution in [2.45, 2.75) is 18.7 Å². The highest BCUT2D eigenvalue weighted by atomic mass is 32.2. The zero-order chi connectivity index (χ0) is 20.0. The Kier molecular flexibility index (Phi) is 6.55. The van der Waals surface area contributed by atoms with Gasteiger partial charge >= 0.3 is 0 Å². The highest BCUT2D eigenvalue weighted by Crippen LogP contribution is 2.21. The smallest absolute Gasteiger partial charge is 0.240 e. The molecule has 0 radical (unpaired) electrons. The SMILES string of the molecule is COc1ccc(S(=O)(=O)NCCN(C(C)=O)c2ccc(C#N)cc2)cc1C. The summed E-state index contributed by atoms with van der Waals surface area (Å²) >= 11 is 0. The molecule has 0 aliphatic heterocycles. The first kappa shape index (κ1) is 20.4. The number of sulfonamides is 1. The highest BCUT2D eigenvalue weighted by molar-refractivity contribution is 7.89. The highest BCUT2D eigenvalue weighted by Gasteiger charge is 2.17. The molecular formula is C19H21N3O4S. The van der Waals surface area contributed by atoms with E-state index in [2.05, 4.69) is 4.72 Å². The van der Waals surface area contributed by atoms with Crippen LogP contribution in [0.1, 0.15) is 18.1 Å². The Labute approximate surface area is 159 Å². The number of carbonyl (C=O) groups excluding carboxylic acids is 1. The molecule has 2 aromatic carbocycles. The molecule has 0 fully saturated rings. The molecule has 0 bridgehead atoms. The summed E-state index contributed by atoms with van der Waals surface area (Å²) in [6, 6.07) is 13.1. The molecule has 142 valence electrons. The van der Waals surface area contributed by atoms with E-state index in [1.165, 1.54) is 31.1 Å². The largest absolute Gasteiger partial charge is 0.496 e. The molecule has 0 atom stereocenters. The first-order chi connectivity index (χ1) is 12.8. The van der Waals surface area contributed by atoms with Crippen LogP contribution in [0.2, 0.25) is 0 Å². The van der Waals surface area contributed by atoms with Crippen molar-refractivity contribution in [2.75, 3.05) is 25.1 Å². The second-order valence-corrected chi connectivity index (χ2v) is 7.63. The van der Waals surface area contributed by atoms with E-state index in [0.717, 1.165) is 0 Å². The number of anilines is 1. The van der Waals surface area contributed by atoms with Crippen LogP contribution in [0.5, 0.6) is 5.75 Å². The van der Waals surface area contributed by atoms with Crippen molar-refractivity contribution >= 4 is 21.6 Å². The summed E-state index contributed by atoms with van der Waals surface area (Å²) in [5, 5.41) is 8.85. The van der Waals surface area contributed by atoms with Crippen LogP contribution in [0.3, 0.4) is 0 Å². The van der Waals surface area contributed by atoms with Crippen LogP contribution in [0, 0.1) is 18.3 Å². The van der Waals surface area contributed by atoms with Gasteiger partial charge in [0.2, 0.25) is 15.9 Å². The minimum Gasteiger partial charge on any atom is -0.496 e. The lowest BCUT2D eigenvalue weighted by molar-refractivity contribution is -0.116. The fourth-order valence-electron chi connectivity index (χ4n) is 2.58. The Balaban J connectivity index is 2.08. The van der Waals surface area contributed by atoms with Gasteiger partial charge in [0.05, 0.1) is 23.6 Å². The van der Waals surface area contributed by atoms with Gasteiger partial charge in [-0.05, 0) is 55.0 Å². The summed E-state index contributed by atoms with van der Waals surface area (Å²) in [5.41, 5.74) is 1.79. The van der Waals surface area contributed by atoms with Crippen molar-refractivity contribution in [3.63, 3.8) is 0 Å². The number of hydrogen-bond acceptors (Lipinski definition) is 5. The number of nitrogens with one attached hydrogen (secondary N) is 1. The van der Waals surface area contributed by atoms with Gasteiger partial charge in [-0.2, -0.15) is 5.26 Å². The first-order valence-electron chi connectivity index (χ1n) is 8.21. The van der Waals surface area contributed by atoms with Gasteiger partial charge in [-0.25, -0.2) is 13.1 Å². The third-order valence-electron chi connectivity index (χ3n) is 3.99. The molecule has 0 saturated carbocycles. The maximum atomic E-state index is 12.5. The molecule has 1 N–H and O–H groups in total. The average molecular weight is 387 g/mol. The number of hydrogen-bond donors (Lipinski definition) is 1. The normalized spacial score (nSPS) is 10.9. The molecule has 0 aliphatic carbocycles. The summed E-state index contributed by atoms with van der Waals surface area (Å²) in [4.78, 5) is 13.5. The van der Waals surface area contributed by atoms with Gasteiger partial charge in [0, 0.05) is 25.7 Å². The van der Waals surface area contributed by atoms with Crippen LogP contribution < -0.4 is 14.4 Å². The maximum Gasteiger partial charge on any atom is 0.240 e.